The van der Waals surface area contributed by atoms with Crippen LogP contribution in [0.25, 0.3) is 0 Å². The summed E-state index contributed by atoms with van der Waals surface area (Å²) in [6.45, 7) is 2.13. The van der Waals surface area contributed by atoms with E-state index in [0.717, 1.165) is 16.7 Å². The Morgan fingerprint density at radius 2 is 1.58 bits per heavy atom. The highest BCUT2D eigenvalue weighted by Gasteiger charge is 2.30. The molecule has 0 unspecified atom stereocenters. The molecule has 33 heavy (non-hydrogen) atoms. The lowest BCUT2D eigenvalue weighted by Crippen LogP contribution is -2.51. The van der Waals surface area contributed by atoms with Crippen molar-refractivity contribution in [3.8, 4) is 11.5 Å². The van der Waals surface area contributed by atoms with Gasteiger partial charge < -0.3 is 19.7 Å². The van der Waals surface area contributed by atoms with Gasteiger partial charge in [0.15, 0.2) is 6.61 Å². The molecule has 3 rings (SSSR count). The predicted octanol–water partition coefficient (Wildman–Crippen LogP) is 3.77. The predicted molar refractivity (Wildman–Crippen MR) is 128 cm³/mol. The minimum absolute atomic E-state index is 0.180. The zero-order valence-corrected chi connectivity index (χ0v) is 19.3. The van der Waals surface area contributed by atoms with E-state index in [2.05, 4.69) is 5.32 Å². The molecule has 0 aliphatic heterocycles. The number of hydrogen-bond donors (Lipinski definition) is 1. The first-order valence-electron chi connectivity index (χ1n) is 10.9. The molecule has 3 aromatic carbocycles. The van der Waals surface area contributed by atoms with Crippen LogP contribution in [-0.2, 0) is 22.6 Å². The highest BCUT2D eigenvalue weighted by molar-refractivity contribution is 5.88. The summed E-state index contributed by atoms with van der Waals surface area (Å²) in [5, 5.41) is 2.72. The van der Waals surface area contributed by atoms with Crippen LogP contribution < -0.4 is 14.8 Å². The molecule has 0 aliphatic carbocycles. The average Bonchev–Trinajstić information content (AvgIpc) is 2.85. The Hall–Kier alpha value is -3.80. The summed E-state index contributed by atoms with van der Waals surface area (Å²) in [4.78, 5) is 27.9. The molecular weight excluding hydrogens is 416 g/mol. The number of nitrogens with one attached hydrogen (secondary N) is 1. The number of benzene rings is 3. The summed E-state index contributed by atoms with van der Waals surface area (Å²) in [7, 11) is 3.18. The summed E-state index contributed by atoms with van der Waals surface area (Å²) in [5.41, 5.74) is 3.02. The molecule has 1 atom stereocenters. The number of rotatable bonds is 10. The van der Waals surface area contributed by atoms with Gasteiger partial charge in [-0.05, 0) is 42.3 Å². The van der Waals surface area contributed by atoms with Crippen LogP contribution in [0, 0.1) is 6.92 Å². The van der Waals surface area contributed by atoms with Crippen LogP contribution in [0.4, 0.5) is 0 Å². The Balaban J connectivity index is 1.85. The van der Waals surface area contributed by atoms with E-state index >= 15 is 0 Å². The quantitative estimate of drug-likeness (QED) is 0.515. The molecule has 0 aliphatic rings. The molecular formula is C27H30N2O4. The molecule has 0 saturated heterocycles. The lowest BCUT2D eigenvalue weighted by atomic mass is 10.0. The van der Waals surface area contributed by atoms with Crippen LogP contribution in [0.5, 0.6) is 11.5 Å². The van der Waals surface area contributed by atoms with Gasteiger partial charge in [0.1, 0.15) is 17.5 Å². The van der Waals surface area contributed by atoms with Gasteiger partial charge >= 0.3 is 0 Å². The maximum atomic E-state index is 13.4. The van der Waals surface area contributed by atoms with E-state index in [1.807, 2.05) is 61.5 Å². The molecule has 6 heteroatoms. The third-order valence-corrected chi connectivity index (χ3v) is 5.37. The molecule has 3 aromatic rings. The van der Waals surface area contributed by atoms with Crippen LogP contribution >= 0.6 is 0 Å². The SMILES string of the molecule is CNC(=O)[C@H](Cc1ccccc1)N(Cc1cccc(C)c1)C(=O)COc1ccc(OC)cc1. The van der Waals surface area contributed by atoms with Gasteiger partial charge in [0, 0.05) is 20.0 Å². The number of aryl methyl sites for hydroxylation is 1. The maximum absolute atomic E-state index is 13.4. The van der Waals surface area contributed by atoms with Crippen molar-refractivity contribution in [1.29, 1.82) is 0 Å². The van der Waals surface area contributed by atoms with Crippen LogP contribution in [0.2, 0.25) is 0 Å². The van der Waals surface area contributed by atoms with Crippen molar-refractivity contribution < 1.29 is 19.1 Å². The van der Waals surface area contributed by atoms with Crippen molar-refractivity contribution in [2.75, 3.05) is 20.8 Å². The van der Waals surface area contributed by atoms with Gasteiger partial charge in [-0.3, -0.25) is 9.59 Å². The van der Waals surface area contributed by atoms with Gasteiger partial charge in [0.05, 0.1) is 7.11 Å². The number of likely N-dealkylation sites (N-methyl/N-ethyl adjacent to an activating group) is 1. The molecule has 0 bridgehead atoms. The number of carbonyl (C=O) groups excluding carboxylic acids is 2. The Bertz CT molecular complexity index is 1050. The van der Waals surface area contributed by atoms with Crippen LogP contribution in [0.3, 0.4) is 0 Å². The molecule has 172 valence electrons. The number of carbonyl (C=O) groups is 2. The first-order valence-corrected chi connectivity index (χ1v) is 10.9. The smallest absolute Gasteiger partial charge is 0.261 e. The fraction of sp³-hybridized carbons (Fsp3) is 0.259. The van der Waals surface area contributed by atoms with Crippen molar-refractivity contribution in [3.05, 3.63) is 95.6 Å². The minimum Gasteiger partial charge on any atom is -0.497 e. The van der Waals surface area contributed by atoms with Crippen molar-refractivity contribution in [1.82, 2.24) is 10.2 Å². The Morgan fingerprint density at radius 1 is 0.909 bits per heavy atom. The molecule has 0 radical (unpaired) electrons. The minimum atomic E-state index is -0.676. The number of methoxy groups -OCH3 is 1. The van der Waals surface area contributed by atoms with E-state index in [0.29, 0.717) is 24.5 Å². The standard InChI is InChI=1S/C27H30N2O4/c1-20-8-7-11-22(16-20)18-29(25(27(31)28-2)17-21-9-5-4-6-10-21)26(30)19-33-24-14-12-23(32-3)13-15-24/h4-16,25H,17-19H2,1-3H3,(H,28,31)/t25-/m0/s1. The van der Waals surface area contributed by atoms with E-state index in [-0.39, 0.29) is 18.4 Å². The largest absolute Gasteiger partial charge is 0.497 e. The number of hydrogen-bond acceptors (Lipinski definition) is 4. The van der Waals surface area contributed by atoms with Crippen molar-refractivity contribution in [2.45, 2.75) is 25.9 Å². The van der Waals surface area contributed by atoms with Crippen LogP contribution in [-0.4, -0.2) is 43.5 Å². The zero-order chi connectivity index (χ0) is 23.6. The van der Waals surface area contributed by atoms with Crippen LogP contribution in [0.15, 0.2) is 78.9 Å². The lowest BCUT2D eigenvalue weighted by Gasteiger charge is -2.31. The van der Waals surface area contributed by atoms with Crippen molar-refractivity contribution in [2.24, 2.45) is 0 Å². The third kappa shape index (κ3) is 6.84. The van der Waals surface area contributed by atoms with E-state index in [4.69, 9.17) is 9.47 Å². The van der Waals surface area contributed by atoms with E-state index < -0.39 is 6.04 Å². The Kier molecular flexibility index (Phi) is 8.47. The van der Waals surface area contributed by atoms with Gasteiger partial charge in [-0.15, -0.1) is 0 Å². The van der Waals surface area contributed by atoms with Crippen LogP contribution in [0.1, 0.15) is 16.7 Å². The summed E-state index contributed by atoms with van der Waals surface area (Å²) in [6, 6.07) is 24.0. The average molecular weight is 447 g/mol. The third-order valence-electron chi connectivity index (χ3n) is 5.37. The highest BCUT2D eigenvalue weighted by atomic mass is 16.5. The summed E-state index contributed by atoms with van der Waals surface area (Å²) >= 11 is 0. The first-order chi connectivity index (χ1) is 16.0. The molecule has 0 fully saturated rings. The number of ether oxygens (including phenoxy) is 2. The molecule has 0 heterocycles. The topological polar surface area (TPSA) is 67.9 Å². The second kappa shape index (κ2) is 11.7. The Morgan fingerprint density at radius 3 is 2.21 bits per heavy atom. The molecule has 0 spiro atoms. The van der Waals surface area contributed by atoms with Gasteiger partial charge in [0.2, 0.25) is 5.91 Å². The van der Waals surface area contributed by atoms with Gasteiger partial charge in [0.25, 0.3) is 5.91 Å². The zero-order valence-electron chi connectivity index (χ0n) is 19.3. The molecule has 2 amide bonds. The second-order valence-electron chi connectivity index (χ2n) is 7.79. The number of amides is 2. The monoisotopic (exact) mass is 446 g/mol. The second-order valence-corrected chi connectivity index (χ2v) is 7.79. The lowest BCUT2D eigenvalue weighted by molar-refractivity contribution is -0.142. The normalized spacial score (nSPS) is 11.4. The molecule has 0 aromatic heterocycles. The van der Waals surface area contributed by atoms with E-state index in [1.165, 1.54) is 0 Å². The van der Waals surface area contributed by atoms with Gasteiger partial charge in [-0.2, -0.15) is 0 Å². The van der Waals surface area contributed by atoms with Gasteiger partial charge in [-0.25, -0.2) is 0 Å². The van der Waals surface area contributed by atoms with Crippen molar-refractivity contribution >= 4 is 11.8 Å². The fourth-order valence-corrected chi connectivity index (χ4v) is 3.63. The molecule has 6 nitrogen and oxygen atoms in total. The van der Waals surface area contributed by atoms with Gasteiger partial charge in [-0.1, -0.05) is 60.2 Å². The Labute approximate surface area is 195 Å². The number of nitrogens with zero attached hydrogens (tertiary/aromatic N) is 1. The van der Waals surface area contributed by atoms with Crippen molar-refractivity contribution in [3.63, 3.8) is 0 Å². The molecule has 1 N–H and O–H groups in total. The van der Waals surface area contributed by atoms with E-state index in [9.17, 15) is 9.59 Å². The van der Waals surface area contributed by atoms with E-state index in [1.54, 1.807) is 43.3 Å². The molecule has 0 saturated carbocycles. The summed E-state index contributed by atoms with van der Waals surface area (Å²) in [6.07, 6.45) is 0.403. The first kappa shape index (κ1) is 23.9. The fourth-order valence-electron chi connectivity index (χ4n) is 3.63. The summed E-state index contributed by atoms with van der Waals surface area (Å²) < 4.78 is 10.9. The maximum Gasteiger partial charge on any atom is 0.261 e. The summed E-state index contributed by atoms with van der Waals surface area (Å²) in [5.74, 6) is 0.776. The highest BCUT2D eigenvalue weighted by Crippen LogP contribution is 2.19.